The van der Waals surface area contributed by atoms with Crippen molar-refractivity contribution in [2.45, 2.75) is 38.3 Å². The Kier molecular flexibility index (Phi) is 4.31. The van der Waals surface area contributed by atoms with Gasteiger partial charge >= 0.3 is 0 Å². The first-order valence-electron chi connectivity index (χ1n) is 6.46. The Morgan fingerprint density at radius 1 is 1.50 bits per heavy atom. The molecule has 1 aromatic carbocycles. The van der Waals surface area contributed by atoms with E-state index in [0.717, 1.165) is 31.4 Å². The third-order valence-electron chi connectivity index (χ3n) is 3.33. The number of halogens is 1. The van der Waals surface area contributed by atoms with Crippen molar-refractivity contribution in [2.24, 2.45) is 0 Å². The van der Waals surface area contributed by atoms with Gasteiger partial charge in [0.2, 0.25) is 5.91 Å². The third-order valence-corrected chi connectivity index (χ3v) is 3.33. The van der Waals surface area contributed by atoms with Crippen LogP contribution in [0.2, 0.25) is 0 Å². The number of piperidine rings is 1. The summed E-state index contributed by atoms with van der Waals surface area (Å²) in [6.45, 7) is 2.77. The molecule has 2 atom stereocenters. The Balaban J connectivity index is 1.94. The average Bonchev–Trinajstić information content (AvgIpc) is 2.39. The van der Waals surface area contributed by atoms with Gasteiger partial charge in [0, 0.05) is 0 Å². The molecule has 3 nitrogen and oxygen atoms in total. The maximum absolute atomic E-state index is 13.1. The van der Waals surface area contributed by atoms with E-state index < -0.39 is 0 Å². The van der Waals surface area contributed by atoms with Crippen LogP contribution in [0, 0.1) is 5.82 Å². The number of hydrogen-bond acceptors (Lipinski definition) is 2. The lowest BCUT2D eigenvalue weighted by Gasteiger charge is -2.24. The number of rotatable bonds is 3. The van der Waals surface area contributed by atoms with E-state index in [1.807, 2.05) is 13.0 Å². The average molecular weight is 250 g/mol. The molecule has 0 spiro atoms. The highest BCUT2D eigenvalue weighted by atomic mass is 19.1. The fourth-order valence-corrected chi connectivity index (χ4v) is 2.25. The molecule has 18 heavy (non-hydrogen) atoms. The minimum absolute atomic E-state index is 0.00598. The predicted octanol–water partition coefficient (Wildman–Crippen LogP) is 2.14. The number of benzene rings is 1. The molecule has 1 aliphatic heterocycles. The molecule has 0 bridgehead atoms. The second-order valence-electron chi connectivity index (χ2n) is 4.79. The molecule has 1 aliphatic rings. The van der Waals surface area contributed by atoms with Crippen molar-refractivity contribution in [1.29, 1.82) is 0 Å². The normalized spacial score (nSPS) is 21.3. The molecular formula is C14H19FN2O. The third kappa shape index (κ3) is 3.29. The first kappa shape index (κ1) is 13.0. The summed E-state index contributed by atoms with van der Waals surface area (Å²) in [7, 11) is 0. The monoisotopic (exact) mass is 250 g/mol. The Bertz CT molecular complexity index is 416. The lowest BCUT2D eigenvalue weighted by atomic mass is 10.0. The van der Waals surface area contributed by atoms with E-state index in [-0.39, 0.29) is 23.8 Å². The van der Waals surface area contributed by atoms with Crippen LogP contribution in [0.15, 0.2) is 24.3 Å². The van der Waals surface area contributed by atoms with Gasteiger partial charge in [0.1, 0.15) is 5.82 Å². The van der Waals surface area contributed by atoms with E-state index in [2.05, 4.69) is 10.6 Å². The van der Waals surface area contributed by atoms with Gasteiger partial charge in [0.25, 0.3) is 0 Å². The van der Waals surface area contributed by atoms with Crippen LogP contribution in [0.4, 0.5) is 4.39 Å². The fraction of sp³-hybridized carbons (Fsp3) is 0.500. The molecule has 1 saturated heterocycles. The summed E-state index contributed by atoms with van der Waals surface area (Å²) >= 11 is 0. The number of amides is 1. The van der Waals surface area contributed by atoms with Gasteiger partial charge in [-0.1, -0.05) is 18.6 Å². The van der Waals surface area contributed by atoms with Crippen molar-refractivity contribution in [1.82, 2.24) is 10.6 Å². The molecular weight excluding hydrogens is 231 g/mol. The molecule has 1 fully saturated rings. The summed E-state index contributed by atoms with van der Waals surface area (Å²) in [6, 6.07) is 6.07. The Morgan fingerprint density at radius 3 is 3.00 bits per heavy atom. The smallest absolute Gasteiger partial charge is 0.237 e. The van der Waals surface area contributed by atoms with Crippen molar-refractivity contribution < 1.29 is 9.18 Å². The van der Waals surface area contributed by atoms with Crippen LogP contribution in [-0.4, -0.2) is 18.5 Å². The maximum Gasteiger partial charge on any atom is 0.237 e. The lowest BCUT2D eigenvalue weighted by Crippen LogP contribution is -2.47. The zero-order valence-electron chi connectivity index (χ0n) is 10.6. The molecule has 2 rings (SSSR count). The highest BCUT2D eigenvalue weighted by Crippen LogP contribution is 2.14. The molecule has 0 saturated carbocycles. The van der Waals surface area contributed by atoms with Crippen LogP contribution in [0.3, 0.4) is 0 Å². The summed E-state index contributed by atoms with van der Waals surface area (Å²) in [5.74, 6) is -0.268. The molecule has 98 valence electrons. The summed E-state index contributed by atoms with van der Waals surface area (Å²) in [5.41, 5.74) is 0.791. The molecule has 0 aromatic heterocycles. The highest BCUT2D eigenvalue weighted by molar-refractivity contribution is 5.82. The molecule has 4 heteroatoms. The summed E-state index contributed by atoms with van der Waals surface area (Å²) < 4.78 is 13.1. The molecule has 0 aliphatic carbocycles. The Morgan fingerprint density at radius 2 is 2.33 bits per heavy atom. The van der Waals surface area contributed by atoms with Crippen LogP contribution in [0.1, 0.15) is 37.8 Å². The van der Waals surface area contributed by atoms with Crippen LogP contribution in [0.5, 0.6) is 0 Å². The van der Waals surface area contributed by atoms with E-state index in [1.54, 1.807) is 6.07 Å². The second-order valence-corrected chi connectivity index (χ2v) is 4.79. The summed E-state index contributed by atoms with van der Waals surface area (Å²) in [4.78, 5) is 12.0. The van der Waals surface area contributed by atoms with Crippen molar-refractivity contribution in [3.63, 3.8) is 0 Å². The minimum atomic E-state index is -0.274. The van der Waals surface area contributed by atoms with Gasteiger partial charge in [-0.05, 0) is 44.0 Å². The van der Waals surface area contributed by atoms with Crippen molar-refractivity contribution >= 4 is 5.91 Å². The van der Waals surface area contributed by atoms with Gasteiger partial charge in [-0.25, -0.2) is 4.39 Å². The van der Waals surface area contributed by atoms with Gasteiger partial charge in [-0.2, -0.15) is 0 Å². The quantitative estimate of drug-likeness (QED) is 0.863. The van der Waals surface area contributed by atoms with Crippen LogP contribution in [-0.2, 0) is 4.79 Å². The van der Waals surface area contributed by atoms with Crippen LogP contribution >= 0.6 is 0 Å². The zero-order chi connectivity index (χ0) is 13.0. The predicted molar refractivity (Wildman–Crippen MR) is 68.6 cm³/mol. The lowest BCUT2D eigenvalue weighted by molar-refractivity contribution is -0.124. The van der Waals surface area contributed by atoms with Gasteiger partial charge in [-0.15, -0.1) is 0 Å². The SMILES string of the molecule is C[C@@H](NC(=O)[C@@H]1CCCCN1)c1cccc(F)c1. The first-order chi connectivity index (χ1) is 8.66. The molecule has 0 radical (unpaired) electrons. The van der Waals surface area contributed by atoms with E-state index in [1.165, 1.54) is 12.1 Å². The maximum atomic E-state index is 13.1. The van der Waals surface area contributed by atoms with Crippen molar-refractivity contribution in [2.75, 3.05) is 6.54 Å². The zero-order valence-corrected chi connectivity index (χ0v) is 10.6. The molecule has 0 unspecified atom stereocenters. The number of nitrogens with one attached hydrogen (secondary N) is 2. The summed E-state index contributed by atoms with van der Waals surface area (Å²) in [6.07, 6.45) is 3.09. The molecule has 1 aromatic rings. The second kappa shape index (κ2) is 5.96. The topological polar surface area (TPSA) is 41.1 Å². The first-order valence-corrected chi connectivity index (χ1v) is 6.46. The van der Waals surface area contributed by atoms with Crippen LogP contribution < -0.4 is 10.6 Å². The standard InChI is InChI=1S/C14H19FN2O/c1-10(11-5-4-6-12(15)9-11)17-14(18)13-7-2-3-8-16-13/h4-6,9-10,13,16H,2-3,7-8H2,1H3,(H,17,18)/t10-,13+/m1/s1. The number of hydrogen-bond donors (Lipinski definition) is 2. The van der Waals surface area contributed by atoms with Gasteiger partial charge in [0.05, 0.1) is 12.1 Å². The summed E-state index contributed by atoms with van der Waals surface area (Å²) in [5, 5.41) is 6.13. The Hall–Kier alpha value is -1.42. The van der Waals surface area contributed by atoms with Crippen molar-refractivity contribution in [3.8, 4) is 0 Å². The van der Waals surface area contributed by atoms with E-state index in [0.29, 0.717) is 0 Å². The van der Waals surface area contributed by atoms with Crippen molar-refractivity contribution in [3.05, 3.63) is 35.6 Å². The van der Waals surface area contributed by atoms with E-state index in [9.17, 15) is 9.18 Å². The minimum Gasteiger partial charge on any atom is -0.348 e. The molecule has 2 N–H and O–H groups in total. The molecule has 1 amide bonds. The van der Waals surface area contributed by atoms with Gasteiger partial charge in [-0.3, -0.25) is 4.79 Å². The van der Waals surface area contributed by atoms with Gasteiger partial charge < -0.3 is 10.6 Å². The number of carbonyl (C=O) groups is 1. The van der Waals surface area contributed by atoms with Crippen LogP contribution in [0.25, 0.3) is 0 Å². The molecule has 1 heterocycles. The van der Waals surface area contributed by atoms with E-state index in [4.69, 9.17) is 0 Å². The Labute approximate surface area is 107 Å². The largest absolute Gasteiger partial charge is 0.348 e. The number of carbonyl (C=O) groups excluding carboxylic acids is 1. The van der Waals surface area contributed by atoms with E-state index >= 15 is 0 Å². The fourth-order valence-electron chi connectivity index (χ4n) is 2.25. The highest BCUT2D eigenvalue weighted by Gasteiger charge is 2.21. The van der Waals surface area contributed by atoms with Gasteiger partial charge in [0.15, 0.2) is 0 Å².